The Morgan fingerprint density at radius 2 is 2.04 bits per heavy atom. The Morgan fingerprint density at radius 3 is 2.61 bits per heavy atom. The highest BCUT2D eigenvalue weighted by molar-refractivity contribution is 5.98. The van der Waals surface area contributed by atoms with Crippen molar-refractivity contribution in [1.82, 2.24) is 5.32 Å². The van der Waals surface area contributed by atoms with E-state index in [9.17, 15) is 19.5 Å². The highest BCUT2D eigenvalue weighted by atomic mass is 16.4. The number of amides is 1. The van der Waals surface area contributed by atoms with E-state index in [2.05, 4.69) is 12.2 Å². The Kier molecular flexibility index (Phi) is 5.60. The fraction of sp³-hybridized carbons (Fsp3) is 0.722. The van der Waals surface area contributed by atoms with Gasteiger partial charge in [0.2, 0.25) is 5.91 Å². The molecule has 1 saturated carbocycles. The molecule has 5 nitrogen and oxygen atoms in total. The second-order valence-corrected chi connectivity index (χ2v) is 6.92. The van der Waals surface area contributed by atoms with E-state index < -0.39 is 12.0 Å². The van der Waals surface area contributed by atoms with Gasteiger partial charge in [-0.05, 0) is 37.0 Å². The lowest BCUT2D eigenvalue weighted by molar-refractivity contribution is -0.143. The molecule has 5 atom stereocenters. The van der Waals surface area contributed by atoms with Crippen molar-refractivity contribution in [2.75, 3.05) is 0 Å². The van der Waals surface area contributed by atoms with E-state index in [0.29, 0.717) is 24.8 Å². The van der Waals surface area contributed by atoms with Crippen LogP contribution in [0.4, 0.5) is 0 Å². The minimum absolute atomic E-state index is 0.0309. The van der Waals surface area contributed by atoms with Crippen LogP contribution in [0.25, 0.3) is 0 Å². The number of hydrogen-bond donors (Lipinski definition) is 2. The highest BCUT2D eigenvalue weighted by Crippen LogP contribution is 2.43. The van der Waals surface area contributed by atoms with E-state index in [-0.39, 0.29) is 35.4 Å². The van der Waals surface area contributed by atoms with Gasteiger partial charge in [0.15, 0.2) is 0 Å². The first-order valence-electron chi connectivity index (χ1n) is 8.67. The van der Waals surface area contributed by atoms with E-state index in [1.54, 1.807) is 0 Å². The first-order chi connectivity index (χ1) is 10.9. The molecule has 2 aliphatic rings. The van der Waals surface area contributed by atoms with Gasteiger partial charge >= 0.3 is 5.97 Å². The van der Waals surface area contributed by atoms with Gasteiger partial charge < -0.3 is 10.4 Å². The van der Waals surface area contributed by atoms with E-state index in [1.165, 1.54) is 0 Å². The maximum absolute atomic E-state index is 12.7. The average molecular weight is 321 g/mol. The third-order valence-corrected chi connectivity index (χ3v) is 5.52. The zero-order valence-corrected chi connectivity index (χ0v) is 14.2. The van der Waals surface area contributed by atoms with Crippen molar-refractivity contribution < 1.29 is 19.5 Å². The van der Waals surface area contributed by atoms with Crippen molar-refractivity contribution in [1.29, 1.82) is 0 Å². The summed E-state index contributed by atoms with van der Waals surface area (Å²) in [6.07, 6.45) is 5.61. The Bertz CT molecular complexity index is 525. The van der Waals surface area contributed by atoms with Crippen molar-refractivity contribution in [3.8, 4) is 0 Å². The molecular weight excluding hydrogens is 294 g/mol. The van der Waals surface area contributed by atoms with Crippen molar-refractivity contribution >= 4 is 17.7 Å². The Balaban J connectivity index is 2.20. The van der Waals surface area contributed by atoms with Crippen molar-refractivity contribution in [3.05, 3.63) is 11.6 Å². The molecule has 23 heavy (non-hydrogen) atoms. The zero-order valence-electron chi connectivity index (χ0n) is 14.2. The summed E-state index contributed by atoms with van der Waals surface area (Å²) in [5, 5.41) is 12.1. The molecule has 5 heteroatoms. The molecular formula is C18H27NO4. The standard InChI is InChI=1S/C18H27NO4/c1-4-10(3)16(18(22)23)19-17(21)14-9-11(5-2)8-13-12(14)6-7-15(13)20/h9-13,16H,4-8H2,1-3H3,(H,19,21)(H,22,23). The van der Waals surface area contributed by atoms with Gasteiger partial charge in [-0.3, -0.25) is 9.59 Å². The number of aliphatic carboxylic acids is 1. The Morgan fingerprint density at radius 1 is 1.35 bits per heavy atom. The van der Waals surface area contributed by atoms with Gasteiger partial charge in [-0.2, -0.15) is 0 Å². The normalized spacial score (nSPS) is 29.4. The van der Waals surface area contributed by atoms with Crippen LogP contribution >= 0.6 is 0 Å². The SMILES string of the molecule is CCC1C=C(C(=O)NC(C(=O)O)C(C)CC)C2CCC(=O)C2C1. The van der Waals surface area contributed by atoms with E-state index in [4.69, 9.17) is 0 Å². The molecule has 0 heterocycles. The molecule has 0 saturated heterocycles. The molecule has 2 rings (SSSR count). The molecule has 0 aromatic heterocycles. The van der Waals surface area contributed by atoms with Crippen LogP contribution in [0.2, 0.25) is 0 Å². The maximum atomic E-state index is 12.7. The number of carboxylic acid groups (broad SMARTS) is 1. The number of carbonyl (C=O) groups is 3. The fourth-order valence-electron chi connectivity index (χ4n) is 3.78. The Hall–Kier alpha value is -1.65. The summed E-state index contributed by atoms with van der Waals surface area (Å²) in [5.41, 5.74) is 0.633. The van der Waals surface area contributed by atoms with E-state index in [1.807, 2.05) is 19.9 Å². The zero-order chi connectivity index (χ0) is 17.1. The third kappa shape index (κ3) is 3.65. The van der Waals surface area contributed by atoms with E-state index >= 15 is 0 Å². The second kappa shape index (κ2) is 7.28. The quantitative estimate of drug-likeness (QED) is 0.787. The molecule has 1 amide bonds. The summed E-state index contributed by atoms with van der Waals surface area (Å²) >= 11 is 0. The molecule has 0 spiro atoms. The van der Waals surface area contributed by atoms with Crippen molar-refractivity contribution in [2.24, 2.45) is 23.7 Å². The number of hydrogen-bond acceptors (Lipinski definition) is 3. The van der Waals surface area contributed by atoms with Crippen LogP contribution in [0.5, 0.6) is 0 Å². The minimum Gasteiger partial charge on any atom is -0.480 e. The molecule has 0 aromatic carbocycles. The lowest BCUT2D eigenvalue weighted by atomic mass is 9.74. The lowest BCUT2D eigenvalue weighted by Gasteiger charge is -2.31. The van der Waals surface area contributed by atoms with Gasteiger partial charge in [-0.1, -0.05) is 33.3 Å². The summed E-state index contributed by atoms with van der Waals surface area (Å²) in [7, 11) is 0. The van der Waals surface area contributed by atoms with Gasteiger partial charge in [-0.15, -0.1) is 0 Å². The number of carboxylic acids is 1. The smallest absolute Gasteiger partial charge is 0.326 e. The number of rotatable bonds is 6. The number of fused-ring (bicyclic) bond motifs is 1. The molecule has 128 valence electrons. The van der Waals surface area contributed by atoms with Crippen LogP contribution in [-0.2, 0) is 14.4 Å². The number of ketones is 1. The summed E-state index contributed by atoms with van der Waals surface area (Å²) < 4.78 is 0. The van der Waals surface area contributed by atoms with Gasteiger partial charge in [0.1, 0.15) is 11.8 Å². The largest absolute Gasteiger partial charge is 0.480 e. The summed E-state index contributed by atoms with van der Waals surface area (Å²) in [6.45, 7) is 5.78. The number of carbonyl (C=O) groups excluding carboxylic acids is 2. The monoisotopic (exact) mass is 321 g/mol. The summed E-state index contributed by atoms with van der Waals surface area (Å²) in [6, 6.07) is -0.883. The van der Waals surface area contributed by atoms with Crippen molar-refractivity contribution in [2.45, 2.75) is 58.9 Å². The fourth-order valence-corrected chi connectivity index (χ4v) is 3.78. The molecule has 1 fully saturated rings. The van der Waals surface area contributed by atoms with Crippen LogP contribution < -0.4 is 5.32 Å². The van der Waals surface area contributed by atoms with Crippen LogP contribution in [0.3, 0.4) is 0 Å². The first-order valence-corrected chi connectivity index (χ1v) is 8.67. The van der Waals surface area contributed by atoms with Crippen molar-refractivity contribution in [3.63, 3.8) is 0 Å². The molecule has 5 unspecified atom stereocenters. The summed E-state index contributed by atoms with van der Waals surface area (Å²) in [4.78, 5) is 36.2. The van der Waals surface area contributed by atoms with Crippen LogP contribution in [-0.4, -0.2) is 28.8 Å². The number of allylic oxidation sites excluding steroid dienone is 1. The van der Waals surface area contributed by atoms with Crippen LogP contribution in [0.15, 0.2) is 11.6 Å². The van der Waals surface area contributed by atoms with Gasteiger partial charge in [0, 0.05) is 17.9 Å². The lowest BCUT2D eigenvalue weighted by Crippen LogP contribution is -2.47. The molecule has 2 N–H and O–H groups in total. The predicted octanol–water partition coefficient (Wildman–Crippen LogP) is 2.55. The molecule has 0 bridgehead atoms. The van der Waals surface area contributed by atoms with Crippen LogP contribution in [0, 0.1) is 23.7 Å². The third-order valence-electron chi connectivity index (χ3n) is 5.52. The average Bonchev–Trinajstić information content (AvgIpc) is 2.91. The van der Waals surface area contributed by atoms with Gasteiger partial charge in [-0.25, -0.2) is 4.79 Å². The molecule has 0 radical (unpaired) electrons. The first kappa shape index (κ1) is 17.7. The van der Waals surface area contributed by atoms with Gasteiger partial charge in [0.05, 0.1) is 0 Å². The summed E-state index contributed by atoms with van der Waals surface area (Å²) in [5.74, 6) is -1.05. The molecule has 0 aromatic rings. The molecule has 2 aliphatic carbocycles. The highest BCUT2D eigenvalue weighted by Gasteiger charge is 2.43. The second-order valence-electron chi connectivity index (χ2n) is 6.92. The Labute approximate surface area is 137 Å². The predicted molar refractivity (Wildman–Crippen MR) is 86.7 cm³/mol. The van der Waals surface area contributed by atoms with E-state index in [0.717, 1.165) is 12.8 Å². The maximum Gasteiger partial charge on any atom is 0.326 e. The van der Waals surface area contributed by atoms with Crippen LogP contribution in [0.1, 0.15) is 52.9 Å². The topological polar surface area (TPSA) is 83.5 Å². The minimum atomic E-state index is -1.00. The number of nitrogens with one attached hydrogen (secondary N) is 1. The van der Waals surface area contributed by atoms with Gasteiger partial charge in [0.25, 0.3) is 0 Å². The number of Topliss-reactive ketones (excluding diaryl/α,β-unsaturated/α-hetero) is 1. The molecule has 0 aliphatic heterocycles.